The Hall–Kier alpha value is -1.84. The van der Waals surface area contributed by atoms with Crippen molar-refractivity contribution in [3.05, 3.63) is 64.1 Å². The highest BCUT2D eigenvalue weighted by molar-refractivity contribution is 9.10. The normalized spacial score (nSPS) is 20.2. The van der Waals surface area contributed by atoms with Gasteiger partial charge in [0.1, 0.15) is 5.71 Å². The summed E-state index contributed by atoms with van der Waals surface area (Å²) in [4.78, 5) is 13.0. The standard InChI is InChI=1S/C17H12BrF3N2O2S/c18-12-6-4-10(5-7-12)14-16(25,17(19,20)21)9-23(22-14)15(24)11-2-1-3-13(26)8-11/h1-8,25-26H,9H2/t16-/m0/s1. The Balaban J connectivity index is 2.04. The van der Waals surface area contributed by atoms with E-state index in [0.29, 0.717) is 14.4 Å². The molecule has 0 fully saturated rings. The number of amides is 1. The van der Waals surface area contributed by atoms with Crippen LogP contribution >= 0.6 is 28.6 Å². The second kappa shape index (κ2) is 6.71. The lowest BCUT2D eigenvalue weighted by atomic mass is 9.92. The lowest BCUT2D eigenvalue weighted by Gasteiger charge is -2.27. The van der Waals surface area contributed by atoms with Gasteiger partial charge in [0.05, 0.1) is 6.54 Å². The summed E-state index contributed by atoms with van der Waals surface area (Å²) in [6, 6.07) is 11.9. The van der Waals surface area contributed by atoms with Crippen molar-refractivity contribution in [3.63, 3.8) is 0 Å². The number of β-amino-alcohol motifs (C(OH)–C–C–N with tert-alkyl or cyclic N) is 1. The van der Waals surface area contributed by atoms with Gasteiger partial charge in [0.25, 0.3) is 5.91 Å². The van der Waals surface area contributed by atoms with E-state index in [9.17, 15) is 23.1 Å². The molecule has 2 aromatic carbocycles. The van der Waals surface area contributed by atoms with E-state index in [1.165, 1.54) is 36.4 Å². The zero-order valence-corrected chi connectivity index (χ0v) is 15.5. The van der Waals surface area contributed by atoms with Crippen LogP contribution in [0.3, 0.4) is 0 Å². The molecule has 3 rings (SSSR count). The number of hydrogen-bond acceptors (Lipinski definition) is 4. The average molecular weight is 445 g/mol. The van der Waals surface area contributed by atoms with E-state index in [0.717, 1.165) is 0 Å². The largest absolute Gasteiger partial charge is 0.424 e. The number of halogens is 4. The molecule has 1 aliphatic heterocycles. The first-order valence-electron chi connectivity index (χ1n) is 7.37. The van der Waals surface area contributed by atoms with Crippen LogP contribution in [-0.2, 0) is 0 Å². The minimum atomic E-state index is -5.00. The molecular formula is C17H12BrF3N2O2S. The minimum absolute atomic E-state index is 0.0753. The van der Waals surface area contributed by atoms with E-state index in [4.69, 9.17) is 0 Å². The fourth-order valence-corrected chi connectivity index (χ4v) is 3.05. The highest BCUT2D eigenvalue weighted by Gasteiger charge is 2.62. The molecule has 136 valence electrons. The number of carbonyl (C=O) groups excluding carboxylic acids is 1. The highest BCUT2D eigenvalue weighted by atomic mass is 79.9. The lowest BCUT2D eigenvalue weighted by Crippen LogP contribution is -2.54. The van der Waals surface area contributed by atoms with Gasteiger partial charge < -0.3 is 5.11 Å². The second-order valence-electron chi connectivity index (χ2n) is 5.73. The minimum Gasteiger partial charge on any atom is -0.374 e. The summed E-state index contributed by atoms with van der Waals surface area (Å²) in [6.45, 7) is -1.02. The molecule has 1 heterocycles. The third kappa shape index (κ3) is 3.38. The smallest absolute Gasteiger partial charge is 0.374 e. The Morgan fingerprint density at radius 1 is 1.23 bits per heavy atom. The maximum absolute atomic E-state index is 13.6. The number of hydrogen-bond donors (Lipinski definition) is 2. The van der Waals surface area contributed by atoms with E-state index in [1.54, 1.807) is 12.1 Å². The van der Waals surface area contributed by atoms with Crippen LogP contribution in [0.5, 0.6) is 0 Å². The van der Waals surface area contributed by atoms with Crippen LogP contribution in [0.4, 0.5) is 13.2 Å². The Kier molecular flexibility index (Phi) is 4.89. The van der Waals surface area contributed by atoms with E-state index < -0.39 is 29.9 Å². The molecule has 0 unspecified atom stereocenters. The molecule has 9 heteroatoms. The monoisotopic (exact) mass is 444 g/mol. The van der Waals surface area contributed by atoms with Crippen LogP contribution in [0.15, 0.2) is 63.0 Å². The summed E-state index contributed by atoms with van der Waals surface area (Å²) in [5, 5.41) is 14.8. The molecule has 0 saturated carbocycles. The predicted molar refractivity (Wildman–Crippen MR) is 96.4 cm³/mol. The molecule has 1 N–H and O–H groups in total. The molecule has 0 aromatic heterocycles. The SMILES string of the molecule is O=C(c1cccc(S)c1)N1C[C@@](O)(C(F)(F)F)C(c2ccc(Br)cc2)=N1. The van der Waals surface area contributed by atoms with Crippen molar-refractivity contribution in [2.75, 3.05) is 6.54 Å². The van der Waals surface area contributed by atoms with Crippen molar-refractivity contribution in [2.45, 2.75) is 16.7 Å². The molecule has 0 radical (unpaired) electrons. The fraction of sp³-hybridized carbons (Fsp3) is 0.176. The van der Waals surface area contributed by atoms with Crippen molar-refractivity contribution >= 4 is 40.2 Å². The summed E-state index contributed by atoms with van der Waals surface area (Å²) in [6.07, 6.45) is -5.00. The lowest BCUT2D eigenvalue weighted by molar-refractivity contribution is -0.228. The summed E-state index contributed by atoms with van der Waals surface area (Å²) < 4.78 is 41.4. The van der Waals surface area contributed by atoms with Crippen LogP contribution in [0, 0.1) is 0 Å². The number of hydrazone groups is 1. The summed E-state index contributed by atoms with van der Waals surface area (Å²) >= 11 is 7.31. The third-order valence-electron chi connectivity index (χ3n) is 3.91. The van der Waals surface area contributed by atoms with Gasteiger partial charge in [-0.15, -0.1) is 12.6 Å². The van der Waals surface area contributed by atoms with Crippen LogP contribution < -0.4 is 0 Å². The van der Waals surface area contributed by atoms with Gasteiger partial charge >= 0.3 is 6.18 Å². The van der Waals surface area contributed by atoms with E-state index in [2.05, 4.69) is 33.7 Å². The number of rotatable bonds is 2. The van der Waals surface area contributed by atoms with E-state index in [1.807, 2.05) is 0 Å². The topological polar surface area (TPSA) is 52.9 Å². The van der Waals surface area contributed by atoms with Gasteiger partial charge in [0.2, 0.25) is 5.60 Å². The molecule has 2 aromatic rings. The van der Waals surface area contributed by atoms with E-state index in [-0.39, 0.29) is 11.1 Å². The van der Waals surface area contributed by atoms with Crippen molar-refractivity contribution in [3.8, 4) is 0 Å². The summed E-state index contributed by atoms with van der Waals surface area (Å²) in [5.74, 6) is -0.754. The molecule has 4 nitrogen and oxygen atoms in total. The molecule has 0 bridgehead atoms. The number of benzene rings is 2. The highest BCUT2D eigenvalue weighted by Crippen LogP contribution is 2.38. The average Bonchev–Trinajstić information content (AvgIpc) is 2.94. The second-order valence-corrected chi connectivity index (χ2v) is 7.16. The first kappa shape index (κ1) is 18.9. The van der Waals surface area contributed by atoms with Crippen molar-refractivity contribution in [1.29, 1.82) is 0 Å². The molecule has 0 aliphatic carbocycles. The molecule has 26 heavy (non-hydrogen) atoms. The van der Waals surface area contributed by atoms with E-state index >= 15 is 0 Å². The first-order chi connectivity index (χ1) is 12.1. The maximum atomic E-state index is 13.6. The first-order valence-corrected chi connectivity index (χ1v) is 8.61. The molecular weight excluding hydrogens is 433 g/mol. The van der Waals surface area contributed by atoms with Gasteiger partial charge in [-0.2, -0.15) is 18.3 Å². The Bertz CT molecular complexity index is 886. The molecule has 0 saturated heterocycles. The van der Waals surface area contributed by atoms with Crippen molar-refractivity contribution < 1.29 is 23.1 Å². The van der Waals surface area contributed by atoms with Crippen LogP contribution in [0.1, 0.15) is 15.9 Å². The van der Waals surface area contributed by atoms with Crippen molar-refractivity contribution in [1.82, 2.24) is 5.01 Å². The maximum Gasteiger partial charge on any atom is 0.424 e. The van der Waals surface area contributed by atoms with Gasteiger partial charge in [-0.05, 0) is 30.3 Å². The number of thiol groups is 1. The quantitative estimate of drug-likeness (QED) is 0.690. The van der Waals surface area contributed by atoms with Gasteiger partial charge in [-0.3, -0.25) is 4.79 Å². The Morgan fingerprint density at radius 2 is 1.88 bits per heavy atom. The number of carbonyl (C=O) groups is 1. The zero-order valence-electron chi connectivity index (χ0n) is 13.0. The molecule has 1 aliphatic rings. The van der Waals surface area contributed by atoms with Crippen LogP contribution in [0.25, 0.3) is 0 Å². The summed E-state index contributed by atoms with van der Waals surface area (Å²) in [5.41, 5.74) is -3.67. The van der Waals surface area contributed by atoms with Crippen LogP contribution in [-0.4, -0.2) is 40.1 Å². The molecule has 0 spiro atoms. The van der Waals surface area contributed by atoms with Crippen LogP contribution in [0.2, 0.25) is 0 Å². The zero-order chi connectivity index (χ0) is 19.1. The third-order valence-corrected chi connectivity index (χ3v) is 4.71. The van der Waals surface area contributed by atoms with Crippen molar-refractivity contribution in [2.24, 2.45) is 5.10 Å². The van der Waals surface area contributed by atoms with Gasteiger partial charge in [0.15, 0.2) is 0 Å². The number of aliphatic hydroxyl groups is 1. The predicted octanol–water partition coefficient (Wildman–Crippen LogP) is 3.89. The Labute approximate surface area is 160 Å². The summed E-state index contributed by atoms with van der Waals surface area (Å²) in [7, 11) is 0. The number of nitrogens with zero attached hydrogens (tertiary/aromatic N) is 2. The fourth-order valence-electron chi connectivity index (χ4n) is 2.56. The van der Waals surface area contributed by atoms with Gasteiger partial charge in [-0.1, -0.05) is 34.1 Å². The molecule has 1 atom stereocenters. The van der Waals surface area contributed by atoms with Gasteiger partial charge in [-0.25, -0.2) is 5.01 Å². The number of alkyl halides is 3. The molecule has 1 amide bonds. The Morgan fingerprint density at radius 3 is 2.46 bits per heavy atom. The van der Waals surface area contributed by atoms with Gasteiger partial charge in [0, 0.05) is 20.5 Å².